The van der Waals surface area contributed by atoms with E-state index in [-0.39, 0.29) is 85.5 Å². The number of allylic oxidation sites excluding steroid dienone is 3. The number of benzene rings is 3. The fraction of sp³-hybridized carbons (Fsp3) is 0.531. The van der Waals surface area contributed by atoms with Gasteiger partial charge in [0.1, 0.15) is 11.9 Å². The topological polar surface area (TPSA) is 194 Å². The van der Waals surface area contributed by atoms with Crippen LogP contribution in [0.15, 0.2) is 126 Å². The van der Waals surface area contributed by atoms with Crippen LogP contribution in [0.4, 0.5) is 0 Å². The molecule has 0 amide bonds. The summed E-state index contributed by atoms with van der Waals surface area (Å²) in [5, 5.41) is 73.0. The fourth-order valence-corrected chi connectivity index (χ4v) is 17.0. The molecule has 10 rings (SSSR count). The van der Waals surface area contributed by atoms with E-state index in [4.69, 9.17) is 15.2 Å². The standard InChI is InChI=1S/C64H81N3O8S2/c1-2-41-27-45-31-56(71)59(75-60-32-46(29-49-16-11-22-66-49)50-19-23-67-63(65)55(50)39-77-76-38-47(36-69)62(60)73)34-52(45)53-33-57(72)61-43(30-51(41)53)18-21-64(20-10-9-17-58(61)74-25-24-68)35-54(42-14-7-4-8-15-42)44(28-48(64)37-70)26-40-12-5-3-6-13-40/h3-8,11-16,19,22,30-31,34,41,43-44,46-48,53-54,57-58,60-62,66-73H,2,9-10,17,20,23-29,32-33,35-39,65H2,1H3. The van der Waals surface area contributed by atoms with Gasteiger partial charge in [0.25, 0.3) is 0 Å². The van der Waals surface area contributed by atoms with Gasteiger partial charge in [-0.25, -0.2) is 0 Å². The minimum absolute atomic E-state index is 0.00691. The molecule has 14 atom stereocenters. The Balaban J connectivity index is 1.03. The average molecular weight is 1080 g/mol. The van der Waals surface area contributed by atoms with Gasteiger partial charge in [0, 0.05) is 77.8 Å². The van der Waals surface area contributed by atoms with Gasteiger partial charge in [0.2, 0.25) is 0 Å². The zero-order chi connectivity index (χ0) is 53.5. The molecular weight excluding hydrogens is 1000 g/mol. The molecule has 0 radical (unpaired) electrons. The SMILES string of the molecule is CCC1Cc2cc(O)c(OC3CC(Cc4ccc[nH]4)C4=CCNC(N)=C4CSSCC(CO)C3O)cc2C2CC(O)C3C(C#CC4(CCCCC3OCCO)CC(c3ccccc3)C(Cc3ccccc3)CC4CO)C=C12. The third-order valence-corrected chi connectivity index (χ3v) is 20.9. The molecule has 3 heterocycles. The lowest BCUT2D eigenvalue weighted by Gasteiger charge is -2.48. The van der Waals surface area contributed by atoms with E-state index in [1.807, 2.05) is 24.4 Å². The summed E-state index contributed by atoms with van der Waals surface area (Å²) in [5.41, 5.74) is 15.3. The van der Waals surface area contributed by atoms with Crippen molar-refractivity contribution in [3.05, 3.63) is 154 Å². The van der Waals surface area contributed by atoms with Crippen LogP contribution in [-0.2, 0) is 24.0 Å². The van der Waals surface area contributed by atoms with E-state index in [0.29, 0.717) is 61.9 Å². The van der Waals surface area contributed by atoms with Crippen LogP contribution in [0.3, 0.4) is 0 Å². The Morgan fingerprint density at radius 2 is 1.69 bits per heavy atom. The lowest BCUT2D eigenvalue weighted by atomic mass is 9.55. The van der Waals surface area contributed by atoms with Crippen LogP contribution in [-0.4, -0.2) is 105 Å². The number of dihydropyridines is 1. The molecule has 4 aliphatic carbocycles. The number of ether oxygens (including phenoxy) is 2. The summed E-state index contributed by atoms with van der Waals surface area (Å²) in [6.07, 6.45) is 12.4. The number of nitrogens with two attached hydrogens (primary N) is 1. The maximum Gasteiger partial charge on any atom is 0.161 e. The van der Waals surface area contributed by atoms with E-state index >= 15 is 0 Å². The second kappa shape index (κ2) is 25.7. The number of nitrogens with one attached hydrogen (secondary N) is 2. The van der Waals surface area contributed by atoms with E-state index < -0.39 is 29.6 Å². The average Bonchev–Trinajstić information content (AvgIpc) is 3.97. The minimum Gasteiger partial charge on any atom is -0.504 e. The lowest BCUT2D eigenvalue weighted by Crippen LogP contribution is -2.43. The van der Waals surface area contributed by atoms with Crippen molar-refractivity contribution in [2.45, 2.75) is 120 Å². The molecule has 1 aromatic heterocycles. The van der Waals surface area contributed by atoms with Gasteiger partial charge >= 0.3 is 0 Å². The Bertz CT molecular complexity index is 2740. The monoisotopic (exact) mass is 1080 g/mol. The van der Waals surface area contributed by atoms with Gasteiger partial charge in [0.05, 0.1) is 31.5 Å². The number of aromatic amines is 1. The minimum atomic E-state index is -1.06. The highest BCUT2D eigenvalue weighted by molar-refractivity contribution is 8.76. The summed E-state index contributed by atoms with van der Waals surface area (Å²) in [5.74, 6) is 9.08. The summed E-state index contributed by atoms with van der Waals surface area (Å²) in [6.45, 7) is 2.66. The molecular formula is C64H81N3O8S2. The molecule has 10 N–H and O–H groups in total. The van der Waals surface area contributed by atoms with Crippen LogP contribution in [0.1, 0.15) is 104 Å². The Hall–Kier alpha value is -4.62. The van der Waals surface area contributed by atoms with E-state index in [2.05, 4.69) is 108 Å². The number of phenols is 1. The second-order valence-corrected chi connectivity index (χ2v) is 25.5. The van der Waals surface area contributed by atoms with Gasteiger partial charge in [-0.15, -0.1) is 0 Å². The largest absolute Gasteiger partial charge is 0.504 e. The van der Waals surface area contributed by atoms with Crippen LogP contribution in [0.2, 0.25) is 0 Å². The number of aromatic hydroxyl groups is 1. The number of aliphatic hydroxyl groups is 5. The van der Waals surface area contributed by atoms with Gasteiger partial charge < -0.3 is 56.1 Å². The van der Waals surface area contributed by atoms with E-state index in [0.717, 1.165) is 72.9 Å². The van der Waals surface area contributed by atoms with Crippen LogP contribution in [0.25, 0.3) is 0 Å². The highest BCUT2D eigenvalue weighted by Gasteiger charge is 2.49. The lowest BCUT2D eigenvalue weighted by molar-refractivity contribution is -0.0611. The first kappa shape index (κ1) is 55.7. The van der Waals surface area contributed by atoms with Crippen molar-refractivity contribution in [1.82, 2.24) is 10.3 Å². The number of aliphatic hydroxyl groups excluding tert-OH is 5. The maximum absolute atomic E-state index is 12.9. The number of hydrogen-bond acceptors (Lipinski definition) is 12. The molecule has 1 spiro atoms. The molecule has 1 saturated carbocycles. The number of phenolic OH excluding ortho intramolecular Hbond substituents is 1. The van der Waals surface area contributed by atoms with E-state index in [1.165, 1.54) is 16.7 Å². The number of hydrogen-bond donors (Lipinski definition) is 9. The maximum atomic E-state index is 12.9. The highest BCUT2D eigenvalue weighted by atomic mass is 33.1. The Kier molecular flexibility index (Phi) is 18.6. The van der Waals surface area contributed by atoms with Gasteiger partial charge in [-0.2, -0.15) is 0 Å². The zero-order valence-electron chi connectivity index (χ0n) is 44.6. The predicted octanol–water partition coefficient (Wildman–Crippen LogP) is 9.36. The van der Waals surface area contributed by atoms with Crippen molar-refractivity contribution >= 4 is 21.6 Å². The summed E-state index contributed by atoms with van der Waals surface area (Å²) in [4.78, 5) is 3.38. The molecule has 2 aliphatic heterocycles. The molecule has 1 saturated heterocycles. The van der Waals surface area contributed by atoms with Crippen molar-refractivity contribution in [2.75, 3.05) is 44.5 Å². The second-order valence-electron chi connectivity index (χ2n) is 22.9. The molecule has 13 heteroatoms. The van der Waals surface area contributed by atoms with Crippen LogP contribution in [0.5, 0.6) is 11.5 Å². The van der Waals surface area contributed by atoms with Crippen molar-refractivity contribution in [3.63, 3.8) is 0 Å². The summed E-state index contributed by atoms with van der Waals surface area (Å²) >= 11 is 0. The number of H-pyrrole nitrogens is 1. The van der Waals surface area contributed by atoms with Crippen molar-refractivity contribution in [1.29, 1.82) is 0 Å². The van der Waals surface area contributed by atoms with Crippen LogP contribution >= 0.6 is 21.6 Å². The number of fused-ring (bicyclic) bond motifs is 5. The van der Waals surface area contributed by atoms with Gasteiger partial charge in [-0.05, 0) is 146 Å². The van der Waals surface area contributed by atoms with Gasteiger partial charge in [-0.1, -0.05) is 132 Å². The Labute approximate surface area is 464 Å². The van der Waals surface area contributed by atoms with Crippen LogP contribution in [0, 0.1) is 58.7 Å². The third-order valence-electron chi connectivity index (χ3n) is 18.5. The highest BCUT2D eigenvalue weighted by Crippen LogP contribution is 2.55. The normalized spacial score (nSPS) is 32.7. The number of rotatable bonds is 13. The molecule has 412 valence electrons. The Morgan fingerprint density at radius 1 is 0.870 bits per heavy atom. The third kappa shape index (κ3) is 12.4. The summed E-state index contributed by atoms with van der Waals surface area (Å²) in [7, 11) is 3.27. The van der Waals surface area contributed by atoms with Crippen molar-refractivity contribution in [3.8, 4) is 23.3 Å². The molecule has 11 nitrogen and oxygen atoms in total. The molecule has 77 heavy (non-hydrogen) atoms. The van der Waals surface area contributed by atoms with Crippen LogP contribution < -0.4 is 15.8 Å². The van der Waals surface area contributed by atoms with E-state index in [9.17, 15) is 30.6 Å². The molecule has 6 aliphatic rings. The zero-order valence-corrected chi connectivity index (χ0v) is 46.3. The first-order valence-electron chi connectivity index (χ1n) is 28.6. The first-order valence-corrected chi connectivity index (χ1v) is 31.0. The molecule has 14 unspecified atom stereocenters. The molecule has 0 bridgehead atoms. The van der Waals surface area contributed by atoms with Crippen molar-refractivity contribution in [2.24, 2.45) is 52.6 Å². The van der Waals surface area contributed by atoms with E-state index in [1.54, 1.807) is 21.6 Å². The smallest absolute Gasteiger partial charge is 0.161 e. The quantitative estimate of drug-likeness (QED) is 0.0351. The summed E-state index contributed by atoms with van der Waals surface area (Å²) < 4.78 is 13.6. The fourth-order valence-electron chi connectivity index (χ4n) is 14.4. The van der Waals surface area contributed by atoms with Gasteiger partial charge in [-0.3, -0.25) is 0 Å². The predicted molar refractivity (Wildman–Crippen MR) is 308 cm³/mol. The van der Waals surface area contributed by atoms with Crippen molar-refractivity contribution < 1.29 is 40.1 Å². The molecule has 2 fully saturated rings. The number of aromatic nitrogens is 1. The molecule has 3 aromatic carbocycles. The Morgan fingerprint density at radius 3 is 2.44 bits per heavy atom. The summed E-state index contributed by atoms with van der Waals surface area (Å²) in [6, 6.07) is 29.5. The van der Waals surface area contributed by atoms with Gasteiger partial charge in [0.15, 0.2) is 11.5 Å². The molecule has 4 aromatic rings. The first-order chi connectivity index (χ1) is 37.6.